The highest BCUT2D eigenvalue weighted by Crippen LogP contribution is 2.27. The van der Waals surface area contributed by atoms with Gasteiger partial charge in [0.05, 0.1) is 4.92 Å². The molecule has 0 aliphatic heterocycles. The maximum atomic E-state index is 12.7. The lowest BCUT2D eigenvalue weighted by atomic mass is 10.0. The standard InChI is InChI=1S/C19H14N2O5/c1-12-10-16(22)17(19(23)20-14-7-3-2-4-8-14)18(26-12)13-6-5-9-15(11-13)21(24)25/h2-11H,1H3,(H,20,23). The van der Waals surface area contributed by atoms with Crippen molar-refractivity contribution in [1.29, 1.82) is 0 Å². The van der Waals surface area contributed by atoms with Gasteiger partial charge in [0.1, 0.15) is 11.3 Å². The number of benzene rings is 2. The lowest BCUT2D eigenvalue weighted by Crippen LogP contribution is -2.22. The summed E-state index contributed by atoms with van der Waals surface area (Å²) in [5.41, 5.74) is -0.106. The number of non-ortho nitro benzene ring substituents is 1. The molecular formula is C19H14N2O5. The first-order chi connectivity index (χ1) is 12.5. The van der Waals surface area contributed by atoms with Gasteiger partial charge in [0, 0.05) is 29.4 Å². The number of anilines is 1. The van der Waals surface area contributed by atoms with E-state index in [1.165, 1.54) is 24.3 Å². The number of amides is 1. The molecule has 3 rings (SSSR count). The molecule has 0 saturated heterocycles. The molecule has 0 radical (unpaired) electrons. The van der Waals surface area contributed by atoms with Crippen molar-refractivity contribution in [3.05, 3.63) is 92.3 Å². The fraction of sp³-hybridized carbons (Fsp3) is 0.0526. The molecule has 1 aromatic heterocycles. The zero-order valence-electron chi connectivity index (χ0n) is 13.8. The third-order valence-corrected chi connectivity index (χ3v) is 3.65. The summed E-state index contributed by atoms with van der Waals surface area (Å²) in [6.45, 7) is 1.57. The molecular weight excluding hydrogens is 336 g/mol. The monoisotopic (exact) mass is 350 g/mol. The van der Waals surface area contributed by atoms with E-state index in [2.05, 4.69) is 5.32 Å². The number of nitro groups is 1. The van der Waals surface area contributed by atoms with Gasteiger partial charge in [-0.05, 0) is 19.1 Å². The van der Waals surface area contributed by atoms with E-state index in [9.17, 15) is 19.7 Å². The van der Waals surface area contributed by atoms with Gasteiger partial charge in [-0.1, -0.05) is 30.3 Å². The number of aryl methyl sites for hydroxylation is 1. The van der Waals surface area contributed by atoms with Crippen LogP contribution in [-0.2, 0) is 0 Å². The van der Waals surface area contributed by atoms with Gasteiger partial charge < -0.3 is 9.73 Å². The van der Waals surface area contributed by atoms with Crippen LogP contribution in [0.3, 0.4) is 0 Å². The highest BCUT2D eigenvalue weighted by Gasteiger charge is 2.21. The zero-order valence-corrected chi connectivity index (χ0v) is 13.8. The Balaban J connectivity index is 2.11. The molecule has 130 valence electrons. The van der Waals surface area contributed by atoms with Crippen LogP contribution >= 0.6 is 0 Å². The molecule has 0 aliphatic rings. The van der Waals surface area contributed by atoms with Crippen molar-refractivity contribution >= 4 is 17.3 Å². The van der Waals surface area contributed by atoms with Gasteiger partial charge in [-0.2, -0.15) is 0 Å². The Morgan fingerprint density at radius 1 is 1.08 bits per heavy atom. The Bertz CT molecular complexity index is 1040. The van der Waals surface area contributed by atoms with Crippen molar-refractivity contribution in [2.45, 2.75) is 6.92 Å². The first kappa shape index (κ1) is 17.1. The Morgan fingerprint density at radius 2 is 1.81 bits per heavy atom. The number of para-hydroxylation sites is 1. The molecule has 1 heterocycles. The maximum Gasteiger partial charge on any atom is 0.270 e. The molecule has 0 spiro atoms. The van der Waals surface area contributed by atoms with E-state index in [0.29, 0.717) is 11.4 Å². The van der Waals surface area contributed by atoms with Crippen LogP contribution in [0.4, 0.5) is 11.4 Å². The Labute approximate surface area is 148 Å². The summed E-state index contributed by atoms with van der Waals surface area (Å²) in [7, 11) is 0. The molecule has 26 heavy (non-hydrogen) atoms. The molecule has 1 N–H and O–H groups in total. The number of nitrogens with one attached hydrogen (secondary N) is 1. The van der Waals surface area contributed by atoms with E-state index < -0.39 is 16.3 Å². The van der Waals surface area contributed by atoms with Gasteiger partial charge in [-0.15, -0.1) is 0 Å². The number of carbonyl (C=O) groups is 1. The molecule has 3 aromatic rings. The Hall–Kier alpha value is -3.74. The van der Waals surface area contributed by atoms with Crippen molar-refractivity contribution in [2.24, 2.45) is 0 Å². The molecule has 0 unspecified atom stereocenters. The highest BCUT2D eigenvalue weighted by molar-refractivity contribution is 6.07. The van der Waals surface area contributed by atoms with Crippen molar-refractivity contribution in [3.8, 4) is 11.3 Å². The van der Waals surface area contributed by atoms with Gasteiger partial charge >= 0.3 is 0 Å². The van der Waals surface area contributed by atoms with Crippen LogP contribution in [0.2, 0.25) is 0 Å². The van der Waals surface area contributed by atoms with E-state index in [1.54, 1.807) is 43.3 Å². The minimum atomic E-state index is -0.647. The first-order valence-electron chi connectivity index (χ1n) is 7.71. The first-order valence-corrected chi connectivity index (χ1v) is 7.71. The molecule has 0 aliphatic carbocycles. The van der Waals surface area contributed by atoms with Gasteiger partial charge in [-0.3, -0.25) is 19.7 Å². The topological polar surface area (TPSA) is 102 Å². The normalized spacial score (nSPS) is 10.3. The van der Waals surface area contributed by atoms with Crippen molar-refractivity contribution in [3.63, 3.8) is 0 Å². The smallest absolute Gasteiger partial charge is 0.270 e. The van der Waals surface area contributed by atoms with Gasteiger partial charge in [0.2, 0.25) is 0 Å². The third-order valence-electron chi connectivity index (χ3n) is 3.65. The second-order valence-corrected chi connectivity index (χ2v) is 5.55. The molecule has 7 heteroatoms. The third kappa shape index (κ3) is 3.51. The molecule has 0 atom stereocenters. The quantitative estimate of drug-likeness (QED) is 0.570. The molecule has 7 nitrogen and oxygen atoms in total. The van der Waals surface area contributed by atoms with E-state index in [4.69, 9.17) is 4.42 Å². The number of hydrogen-bond acceptors (Lipinski definition) is 5. The van der Waals surface area contributed by atoms with Crippen molar-refractivity contribution in [2.75, 3.05) is 5.32 Å². The summed E-state index contributed by atoms with van der Waals surface area (Å²) in [6, 6.07) is 15.5. The molecule has 0 bridgehead atoms. The molecule has 2 aromatic carbocycles. The average Bonchev–Trinajstić information content (AvgIpc) is 2.61. The summed E-state index contributed by atoms with van der Waals surface area (Å²) >= 11 is 0. The average molecular weight is 350 g/mol. The lowest BCUT2D eigenvalue weighted by Gasteiger charge is -2.10. The van der Waals surface area contributed by atoms with Gasteiger partial charge in [0.15, 0.2) is 11.2 Å². The van der Waals surface area contributed by atoms with Crippen LogP contribution < -0.4 is 10.7 Å². The summed E-state index contributed by atoms with van der Waals surface area (Å²) in [4.78, 5) is 35.5. The largest absolute Gasteiger partial charge is 0.460 e. The second kappa shape index (κ2) is 7.02. The Kier molecular flexibility index (Phi) is 4.62. The minimum absolute atomic E-state index is 0.00729. The van der Waals surface area contributed by atoms with Crippen LogP contribution in [0.5, 0.6) is 0 Å². The number of rotatable bonds is 4. The Morgan fingerprint density at radius 3 is 2.50 bits per heavy atom. The van der Waals surface area contributed by atoms with E-state index >= 15 is 0 Å². The van der Waals surface area contributed by atoms with Gasteiger partial charge in [0.25, 0.3) is 11.6 Å². The molecule has 1 amide bonds. The van der Waals surface area contributed by atoms with Crippen LogP contribution in [0, 0.1) is 17.0 Å². The number of nitro benzene ring substituents is 1. The predicted molar refractivity (Wildman–Crippen MR) is 96.2 cm³/mol. The highest BCUT2D eigenvalue weighted by atomic mass is 16.6. The zero-order chi connectivity index (χ0) is 18.7. The minimum Gasteiger partial charge on any atom is -0.460 e. The summed E-state index contributed by atoms with van der Waals surface area (Å²) < 4.78 is 5.59. The lowest BCUT2D eigenvalue weighted by molar-refractivity contribution is -0.384. The number of hydrogen-bond donors (Lipinski definition) is 1. The second-order valence-electron chi connectivity index (χ2n) is 5.55. The van der Waals surface area contributed by atoms with E-state index in [-0.39, 0.29) is 22.6 Å². The molecule has 0 saturated carbocycles. The predicted octanol–water partition coefficient (Wildman–Crippen LogP) is 3.78. The summed E-state index contributed by atoms with van der Waals surface area (Å²) in [6.07, 6.45) is 0. The summed E-state index contributed by atoms with van der Waals surface area (Å²) in [5.74, 6) is -0.355. The van der Waals surface area contributed by atoms with Crippen LogP contribution in [0.1, 0.15) is 16.1 Å². The van der Waals surface area contributed by atoms with Gasteiger partial charge in [-0.25, -0.2) is 0 Å². The SMILES string of the molecule is Cc1cc(=O)c(C(=O)Nc2ccccc2)c(-c2cccc([N+](=O)[O-])c2)o1. The van der Waals surface area contributed by atoms with Crippen LogP contribution in [0.25, 0.3) is 11.3 Å². The number of carbonyl (C=O) groups excluding carboxylic acids is 1. The molecule has 0 fully saturated rings. The van der Waals surface area contributed by atoms with Crippen molar-refractivity contribution in [1.82, 2.24) is 0 Å². The fourth-order valence-electron chi connectivity index (χ4n) is 2.50. The summed E-state index contributed by atoms with van der Waals surface area (Å²) in [5, 5.41) is 13.6. The van der Waals surface area contributed by atoms with Crippen LogP contribution in [0.15, 0.2) is 69.9 Å². The van der Waals surface area contributed by atoms with E-state index in [0.717, 1.165) is 0 Å². The van der Waals surface area contributed by atoms with E-state index in [1.807, 2.05) is 0 Å². The fourth-order valence-corrected chi connectivity index (χ4v) is 2.50. The van der Waals surface area contributed by atoms with Crippen molar-refractivity contribution < 1.29 is 14.1 Å². The maximum absolute atomic E-state index is 12.7. The van der Waals surface area contributed by atoms with Crippen LogP contribution in [-0.4, -0.2) is 10.8 Å². The number of nitrogens with zero attached hydrogens (tertiary/aromatic N) is 1.